The number of aromatic nitrogens is 2. The van der Waals surface area contributed by atoms with Gasteiger partial charge < -0.3 is 11.6 Å². The van der Waals surface area contributed by atoms with E-state index in [0.717, 1.165) is 5.82 Å². The molecule has 0 aliphatic heterocycles. The van der Waals surface area contributed by atoms with Crippen LogP contribution >= 0.6 is 0 Å². The van der Waals surface area contributed by atoms with Gasteiger partial charge in [-0.1, -0.05) is 0 Å². The summed E-state index contributed by atoms with van der Waals surface area (Å²) in [4.78, 5) is 3.83. The van der Waals surface area contributed by atoms with E-state index in [9.17, 15) is 0 Å². The third-order valence-corrected chi connectivity index (χ3v) is 0.936. The Hall–Kier alpha value is -1.19. The van der Waals surface area contributed by atoms with E-state index in [2.05, 4.69) is 4.98 Å². The molecular weight excluding hydrogens is 104 g/mol. The normalized spacial score (nSPS) is 9.62. The third-order valence-electron chi connectivity index (χ3n) is 0.936. The summed E-state index contributed by atoms with van der Waals surface area (Å²) in [5.74, 6) is 6.50. The molecule has 4 N–H and O–H groups in total. The van der Waals surface area contributed by atoms with Crippen LogP contribution in [-0.2, 0) is 0 Å². The van der Waals surface area contributed by atoms with Gasteiger partial charge in [0.2, 0.25) is 0 Å². The van der Waals surface area contributed by atoms with Gasteiger partial charge in [0.05, 0.1) is 6.20 Å². The van der Waals surface area contributed by atoms with Crippen molar-refractivity contribution in [2.45, 2.75) is 6.92 Å². The smallest absolute Gasteiger partial charge is 0.144 e. The molecule has 4 nitrogen and oxygen atoms in total. The number of nitrogens with zero attached hydrogens (tertiary/aromatic N) is 2. The van der Waals surface area contributed by atoms with Gasteiger partial charge in [0.1, 0.15) is 11.6 Å². The monoisotopic (exact) mass is 112 g/mol. The number of anilines is 1. The highest BCUT2D eigenvalue weighted by molar-refractivity contribution is 5.25. The highest BCUT2D eigenvalue weighted by Crippen LogP contribution is 1.96. The Kier molecular flexibility index (Phi) is 0.865. The second kappa shape index (κ2) is 1.40. The van der Waals surface area contributed by atoms with Gasteiger partial charge in [-0.25, -0.2) is 4.98 Å². The first kappa shape index (κ1) is 4.96. The quantitative estimate of drug-likeness (QED) is 0.444. The zero-order chi connectivity index (χ0) is 6.15. The molecule has 0 saturated heterocycles. The van der Waals surface area contributed by atoms with Crippen LogP contribution in [-0.4, -0.2) is 9.66 Å². The summed E-state index contributed by atoms with van der Waals surface area (Å²) in [6.45, 7) is 1.79. The van der Waals surface area contributed by atoms with Crippen LogP contribution in [0.4, 0.5) is 5.82 Å². The Bertz CT molecular complexity index is 170. The summed E-state index contributed by atoms with van der Waals surface area (Å²) in [6, 6.07) is 0. The zero-order valence-corrected chi connectivity index (χ0v) is 4.63. The van der Waals surface area contributed by atoms with E-state index in [1.807, 2.05) is 0 Å². The molecule has 0 aliphatic carbocycles. The minimum Gasteiger partial charge on any atom is -0.382 e. The Balaban J connectivity index is 3.14. The Labute approximate surface area is 47.1 Å². The number of hydrogen-bond acceptors (Lipinski definition) is 3. The Morgan fingerprint density at radius 1 is 1.75 bits per heavy atom. The molecule has 0 aromatic carbocycles. The summed E-state index contributed by atoms with van der Waals surface area (Å²) >= 11 is 0. The molecule has 44 valence electrons. The average Bonchev–Trinajstić information content (AvgIpc) is 1.85. The van der Waals surface area contributed by atoms with Gasteiger partial charge in [-0.2, -0.15) is 0 Å². The summed E-state index contributed by atoms with van der Waals surface area (Å²) in [5, 5.41) is 0. The summed E-state index contributed by atoms with van der Waals surface area (Å²) in [7, 11) is 0. The zero-order valence-electron chi connectivity index (χ0n) is 4.63. The second-order valence-corrected chi connectivity index (χ2v) is 1.62. The maximum absolute atomic E-state index is 5.31. The SMILES string of the molecule is Cc1nc(N)cn1N. The molecule has 0 saturated carbocycles. The predicted molar refractivity (Wildman–Crippen MR) is 31.5 cm³/mol. The lowest BCUT2D eigenvalue weighted by Crippen LogP contribution is -2.07. The van der Waals surface area contributed by atoms with Crippen molar-refractivity contribution in [3.63, 3.8) is 0 Å². The highest BCUT2D eigenvalue weighted by atomic mass is 15.3. The molecule has 0 fully saturated rings. The minimum absolute atomic E-state index is 0.463. The van der Waals surface area contributed by atoms with Crippen molar-refractivity contribution >= 4 is 5.82 Å². The summed E-state index contributed by atoms with van der Waals surface area (Å²) < 4.78 is 1.38. The molecule has 1 aromatic heterocycles. The predicted octanol–water partition coefficient (Wildman–Crippen LogP) is -0.512. The molecule has 0 amide bonds. The first-order valence-electron chi connectivity index (χ1n) is 2.26. The molecule has 0 spiro atoms. The van der Waals surface area contributed by atoms with Crippen LogP contribution in [0.25, 0.3) is 0 Å². The van der Waals surface area contributed by atoms with Gasteiger partial charge in [0.15, 0.2) is 0 Å². The van der Waals surface area contributed by atoms with Gasteiger partial charge in [-0.05, 0) is 6.92 Å². The van der Waals surface area contributed by atoms with Crippen molar-refractivity contribution in [3.05, 3.63) is 12.0 Å². The fourth-order valence-electron chi connectivity index (χ4n) is 0.509. The van der Waals surface area contributed by atoms with Crippen molar-refractivity contribution in [2.24, 2.45) is 0 Å². The lowest BCUT2D eigenvalue weighted by Gasteiger charge is -1.87. The van der Waals surface area contributed by atoms with Crippen molar-refractivity contribution < 1.29 is 0 Å². The van der Waals surface area contributed by atoms with Gasteiger partial charge in [0, 0.05) is 0 Å². The number of hydrogen-bond donors (Lipinski definition) is 2. The van der Waals surface area contributed by atoms with Crippen LogP contribution in [0.15, 0.2) is 6.20 Å². The van der Waals surface area contributed by atoms with Crippen molar-refractivity contribution in [3.8, 4) is 0 Å². The van der Waals surface area contributed by atoms with Gasteiger partial charge in [-0.3, -0.25) is 4.68 Å². The third kappa shape index (κ3) is 0.598. The summed E-state index contributed by atoms with van der Waals surface area (Å²) in [6.07, 6.45) is 1.56. The second-order valence-electron chi connectivity index (χ2n) is 1.62. The molecule has 1 heterocycles. The van der Waals surface area contributed by atoms with E-state index in [1.54, 1.807) is 13.1 Å². The highest BCUT2D eigenvalue weighted by Gasteiger charge is 1.93. The van der Waals surface area contributed by atoms with Gasteiger partial charge in [-0.15, -0.1) is 0 Å². The lowest BCUT2D eigenvalue weighted by atomic mass is 10.7. The van der Waals surface area contributed by atoms with Crippen LogP contribution < -0.4 is 11.6 Å². The number of nitrogens with two attached hydrogens (primary N) is 2. The molecule has 1 rings (SSSR count). The number of imidazole rings is 1. The standard InChI is InChI=1S/C4H8N4/c1-3-7-4(5)2-8(3)6/h2H,5-6H2,1H3. The van der Waals surface area contributed by atoms with E-state index >= 15 is 0 Å². The molecule has 0 atom stereocenters. The Morgan fingerprint density at radius 3 is 2.50 bits per heavy atom. The first-order valence-corrected chi connectivity index (χ1v) is 2.26. The minimum atomic E-state index is 0.463. The van der Waals surface area contributed by atoms with Gasteiger partial charge in [0.25, 0.3) is 0 Å². The number of rotatable bonds is 0. The maximum Gasteiger partial charge on any atom is 0.144 e. The van der Waals surface area contributed by atoms with Gasteiger partial charge >= 0.3 is 0 Å². The fraction of sp³-hybridized carbons (Fsp3) is 0.250. The Morgan fingerprint density at radius 2 is 2.38 bits per heavy atom. The average molecular weight is 112 g/mol. The molecule has 8 heavy (non-hydrogen) atoms. The van der Waals surface area contributed by atoms with Crippen molar-refractivity contribution in [1.82, 2.24) is 9.66 Å². The fourth-order valence-corrected chi connectivity index (χ4v) is 0.509. The topological polar surface area (TPSA) is 69.9 Å². The van der Waals surface area contributed by atoms with E-state index in [0.29, 0.717) is 5.82 Å². The van der Waals surface area contributed by atoms with Crippen LogP contribution in [0.1, 0.15) is 5.82 Å². The molecule has 0 aliphatic rings. The van der Waals surface area contributed by atoms with E-state index in [4.69, 9.17) is 11.6 Å². The van der Waals surface area contributed by atoms with E-state index in [1.165, 1.54) is 4.68 Å². The molecular formula is C4H8N4. The summed E-state index contributed by atoms with van der Waals surface area (Å²) in [5.41, 5.74) is 5.27. The first-order chi connectivity index (χ1) is 3.70. The van der Waals surface area contributed by atoms with Crippen LogP contribution in [0, 0.1) is 6.92 Å². The van der Waals surface area contributed by atoms with Crippen LogP contribution in [0.3, 0.4) is 0 Å². The number of aryl methyl sites for hydroxylation is 1. The van der Waals surface area contributed by atoms with Crippen LogP contribution in [0.2, 0.25) is 0 Å². The molecule has 1 aromatic rings. The molecule has 4 heteroatoms. The number of nitrogen functional groups attached to an aromatic ring is 2. The molecule has 0 bridgehead atoms. The molecule has 0 unspecified atom stereocenters. The van der Waals surface area contributed by atoms with Crippen molar-refractivity contribution in [2.75, 3.05) is 11.6 Å². The maximum atomic E-state index is 5.31. The lowest BCUT2D eigenvalue weighted by molar-refractivity contribution is 0.928. The molecule has 0 radical (unpaired) electrons. The van der Waals surface area contributed by atoms with Crippen LogP contribution in [0.5, 0.6) is 0 Å². The van der Waals surface area contributed by atoms with E-state index in [-0.39, 0.29) is 0 Å². The van der Waals surface area contributed by atoms with Crippen molar-refractivity contribution in [1.29, 1.82) is 0 Å². The van der Waals surface area contributed by atoms with E-state index < -0.39 is 0 Å². The largest absolute Gasteiger partial charge is 0.382 e.